The Kier molecular flexibility index (Phi) is 6.31. The number of thioether (sulfide) groups is 1. The van der Waals surface area contributed by atoms with Crippen LogP contribution in [0.3, 0.4) is 0 Å². The van der Waals surface area contributed by atoms with E-state index < -0.39 is 16.5 Å². The van der Waals surface area contributed by atoms with Crippen molar-refractivity contribution in [1.82, 2.24) is 10.3 Å². The van der Waals surface area contributed by atoms with Crippen LogP contribution in [0.15, 0.2) is 24.9 Å². The van der Waals surface area contributed by atoms with Gasteiger partial charge in [-0.1, -0.05) is 17.7 Å². The van der Waals surface area contributed by atoms with Crippen molar-refractivity contribution in [2.45, 2.75) is 0 Å². The van der Waals surface area contributed by atoms with Crippen LogP contribution in [0.1, 0.15) is 10.4 Å². The number of hydrogen-bond acceptors (Lipinski definition) is 5. The lowest BCUT2D eigenvalue weighted by atomic mass is 10.2. The molecule has 0 aliphatic carbocycles. The van der Waals surface area contributed by atoms with Crippen molar-refractivity contribution in [3.8, 4) is 0 Å². The second-order valence-electron chi connectivity index (χ2n) is 3.37. The molecular weight excluding hydrogens is 290 g/mol. The lowest BCUT2D eigenvalue weighted by Crippen LogP contribution is -2.26. The second kappa shape index (κ2) is 7.75. The lowest BCUT2D eigenvalue weighted by Gasteiger charge is -2.05. The smallest absolute Gasteiger partial charge is 0.319 e. The Morgan fingerprint density at radius 3 is 3.05 bits per heavy atom. The first kappa shape index (κ1) is 15.5. The minimum Gasteiger partial charge on any atom is -0.351 e. The molecule has 1 heterocycles. The summed E-state index contributed by atoms with van der Waals surface area (Å²) in [5, 5.41) is 13.2. The van der Waals surface area contributed by atoms with Crippen LogP contribution in [0.25, 0.3) is 0 Å². The molecule has 0 atom stereocenters. The van der Waals surface area contributed by atoms with Gasteiger partial charge in [-0.25, -0.2) is 4.98 Å². The highest BCUT2D eigenvalue weighted by Crippen LogP contribution is 2.25. The van der Waals surface area contributed by atoms with Crippen LogP contribution in [0, 0.1) is 10.1 Å². The van der Waals surface area contributed by atoms with Gasteiger partial charge >= 0.3 is 5.69 Å². The third-order valence-electron chi connectivity index (χ3n) is 2.07. The molecule has 1 rings (SSSR count). The molecule has 0 unspecified atom stereocenters. The third kappa shape index (κ3) is 4.53. The molecule has 102 valence electrons. The van der Waals surface area contributed by atoms with Gasteiger partial charge < -0.3 is 5.32 Å². The Morgan fingerprint density at radius 1 is 1.68 bits per heavy atom. The summed E-state index contributed by atoms with van der Waals surface area (Å²) in [6.07, 6.45) is 3.02. The molecule has 19 heavy (non-hydrogen) atoms. The van der Waals surface area contributed by atoms with Gasteiger partial charge in [0.15, 0.2) is 0 Å². The molecule has 1 aromatic heterocycles. The minimum atomic E-state index is -0.712. The standard InChI is InChI=1S/C11H12ClN3O3S/c1-2-6-19-7-5-14-11(16)8-3-4-13-10(12)9(8)15(17)18/h2-4H,1,5-7H2,(H,14,16). The van der Waals surface area contributed by atoms with E-state index in [-0.39, 0.29) is 10.7 Å². The van der Waals surface area contributed by atoms with Gasteiger partial charge in [0, 0.05) is 24.2 Å². The van der Waals surface area contributed by atoms with Crippen molar-refractivity contribution in [1.29, 1.82) is 0 Å². The number of hydrogen-bond donors (Lipinski definition) is 1. The topological polar surface area (TPSA) is 85.1 Å². The fourth-order valence-electron chi connectivity index (χ4n) is 1.28. The van der Waals surface area contributed by atoms with E-state index in [2.05, 4.69) is 16.9 Å². The van der Waals surface area contributed by atoms with E-state index in [1.165, 1.54) is 12.3 Å². The fraction of sp³-hybridized carbons (Fsp3) is 0.273. The van der Waals surface area contributed by atoms with E-state index in [1.807, 2.05) is 0 Å². The van der Waals surface area contributed by atoms with Crippen LogP contribution >= 0.6 is 23.4 Å². The predicted molar refractivity (Wildman–Crippen MR) is 75.8 cm³/mol. The number of nitrogens with one attached hydrogen (secondary N) is 1. The van der Waals surface area contributed by atoms with Crippen molar-refractivity contribution in [2.24, 2.45) is 0 Å². The molecule has 0 saturated carbocycles. The molecule has 0 saturated heterocycles. The number of carbonyl (C=O) groups excluding carboxylic acids is 1. The maximum atomic E-state index is 11.8. The highest BCUT2D eigenvalue weighted by atomic mass is 35.5. The van der Waals surface area contributed by atoms with Crippen molar-refractivity contribution in [3.63, 3.8) is 0 Å². The molecule has 0 bridgehead atoms. The van der Waals surface area contributed by atoms with Crippen LogP contribution in [-0.4, -0.2) is 33.9 Å². The number of halogens is 1. The molecule has 0 aromatic carbocycles. The van der Waals surface area contributed by atoms with Crippen molar-refractivity contribution in [2.75, 3.05) is 18.1 Å². The average molecular weight is 302 g/mol. The highest BCUT2D eigenvalue weighted by Gasteiger charge is 2.24. The van der Waals surface area contributed by atoms with E-state index >= 15 is 0 Å². The van der Waals surface area contributed by atoms with Gasteiger partial charge in [0.1, 0.15) is 5.56 Å². The quantitative estimate of drug-likeness (QED) is 0.274. The molecule has 0 radical (unpaired) electrons. The fourth-order valence-corrected chi connectivity index (χ4v) is 2.09. The van der Waals surface area contributed by atoms with E-state index in [0.717, 1.165) is 5.75 Å². The number of aromatic nitrogens is 1. The number of pyridine rings is 1. The lowest BCUT2D eigenvalue weighted by molar-refractivity contribution is -0.385. The first-order valence-corrected chi connectivity index (χ1v) is 6.87. The van der Waals surface area contributed by atoms with E-state index in [4.69, 9.17) is 11.6 Å². The molecule has 0 fully saturated rings. The summed E-state index contributed by atoms with van der Waals surface area (Å²) in [6, 6.07) is 1.27. The molecule has 0 aliphatic rings. The molecule has 1 N–H and O–H groups in total. The van der Waals surface area contributed by atoms with Gasteiger partial charge in [-0.3, -0.25) is 14.9 Å². The van der Waals surface area contributed by atoms with E-state index in [0.29, 0.717) is 12.3 Å². The summed E-state index contributed by atoms with van der Waals surface area (Å²) < 4.78 is 0. The molecule has 8 heteroatoms. The molecule has 0 aliphatic heterocycles. The Bertz CT molecular complexity index is 496. The maximum absolute atomic E-state index is 11.8. The van der Waals surface area contributed by atoms with Gasteiger partial charge in [-0.2, -0.15) is 11.8 Å². The number of rotatable bonds is 7. The van der Waals surface area contributed by atoms with Crippen molar-refractivity contribution >= 4 is 35.0 Å². The summed E-state index contributed by atoms with van der Waals surface area (Å²) in [5.41, 5.74) is -0.556. The van der Waals surface area contributed by atoms with Gasteiger partial charge in [-0.05, 0) is 6.07 Å². The number of amides is 1. The van der Waals surface area contributed by atoms with Crippen molar-refractivity contribution < 1.29 is 9.72 Å². The minimum absolute atomic E-state index is 0.0845. The van der Waals surface area contributed by atoms with Crippen molar-refractivity contribution in [3.05, 3.63) is 45.7 Å². The zero-order valence-corrected chi connectivity index (χ0v) is 11.5. The second-order valence-corrected chi connectivity index (χ2v) is 4.88. The molecule has 0 spiro atoms. The van der Waals surface area contributed by atoms with E-state index in [9.17, 15) is 14.9 Å². The predicted octanol–water partition coefficient (Wildman–Crippen LogP) is 2.29. The van der Waals surface area contributed by atoms with Gasteiger partial charge in [0.25, 0.3) is 5.91 Å². The molecule has 6 nitrogen and oxygen atoms in total. The zero-order valence-electron chi connectivity index (χ0n) is 9.97. The summed E-state index contributed by atoms with van der Waals surface area (Å²) in [7, 11) is 0. The number of nitro groups is 1. The Balaban J connectivity index is 2.69. The normalized spacial score (nSPS) is 9.95. The first-order chi connectivity index (χ1) is 9.07. The molecular formula is C11H12ClN3O3S. The SMILES string of the molecule is C=CCSCCNC(=O)c1ccnc(Cl)c1[N+](=O)[O-]. The van der Waals surface area contributed by atoms with Crippen LogP contribution < -0.4 is 5.32 Å². The highest BCUT2D eigenvalue weighted by molar-refractivity contribution is 7.99. The monoisotopic (exact) mass is 301 g/mol. The number of nitrogens with zero attached hydrogens (tertiary/aromatic N) is 2. The summed E-state index contributed by atoms with van der Waals surface area (Å²) in [5.74, 6) is 0.955. The first-order valence-electron chi connectivity index (χ1n) is 5.33. The van der Waals surface area contributed by atoms with Crippen LogP contribution in [0.2, 0.25) is 5.15 Å². The van der Waals surface area contributed by atoms with Crippen LogP contribution in [0.4, 0.5) is 5.69 Å². The largest absolute Gasteiger partial charge is 0.351 e. The Labute approximate surface area is 119 Å². The Morgan fingerprint density at radius 2 is 2.42 bits per heavy atom. The summed E-state index contributed by atoms with van der Waals surface area (Å²) in [4.78, 5) is 25.6. The average Bonchev–Trinajstić information content (AvgIpc) is 2.37. The van der Waals surface area contributed by atoms with E-state index in [1.54, 1.807) is 17.8 Å². The maximum Gasteiger partial charge on any atom is 0.319 e. The number of carbonyl (C=O) groups is 1. The molecule has 1 amide bonds. The zero-order chi connectivity index (χ0) is 14.3. The summed E-state index contributed by atoms with van der Waals surface area (Å²) >= 11 is 7.22. The van der Waals surface area contributed by atoms with Crippen LogP contribution in [0.5, 0.6) is 0 Å². The third-order valence-corrected chi connectivity index (χ3v) is 3.32. The van der Waals surface area contributed by atoms with Crippen LogP contribution in [-0.2, 0) is 0 Å². The van der Waals surface area contributed by atoms with Gasteiger partial charge in [-0.15, -0.1) is 6.58 Å². The van der Waals surface area contributed by atoms with Gasteiger partial charge in [0.2, 0.25) is 5.15 Å². The molecule has 1 aromatic rings. The Hall–Kier alpha value is -1.60. The van der Waals surface area contributed by atoms with Gasteiger partial charge in [0.05, 0.1) is 4.92 Å². The summed E-state index contributed by atoms with van der Waals surface area (Å²) in [6.45, 7) is 3.99.